The summed E-state index contributed by atoms with van der Waals surface area (Å²) < 4.78 is 31.7. The Balaban J connectivity index is 1.80. The number of para-hydroxylation sites is 1. The highest BCUT2D eigenvalue weighted by molar-refractivity contribution is 7.92. The molecule has 0 unspecified atom stereocenters. The Hall–Kier alpha value is -3.73. The Morgan fingerprint density at radius 2 is 1.88 bits per heavy atom. The first-order valence-electron chi connectivity index (χ1n) is 9.57. The molecule has 0 saturated carbocycles. The lowest BCUT2D eigenvalue weighted by atomic mass is 10.2. The minimum absolute atomic E-state index is 0.0137. The topological polar surface area (TPSA) is 129 Å². The fourth-order valence-corrected chi connectivity index (χ4v) is 4.36. The molecule has 1 heterocycles. The number of rotatable bonds is 8. The van der Waals surface area contributed by atoms with E-state index in [9.17, 15) is 28.1 Å². The molecule has 1 aromatic heterocycles. The van der Waals surface area contributed by atoms with Crippen LogP contribution in [0.1, 0.15) is 28.0 Å². The molecule has 2 aromatic carbocycles. The maximum absolute atomic E-state index is 12.8. The van der Waals surface area contributed by atoms with Gasteiger partial charge in [-0.05, 0) is 18.6 Å². The maximum atomic E-state index is 12.8. The molecule has 3 rings (SSSR count). The fraction of sp³-hybridized carbons (Fsp3) is 0.238. The molecule has 0 aliphatic carbocycles. The number of hydrogen-bond donors (Lipinski definition) is 0. The number of non-ortho nitro benzene ring substituents is 1. The molecule has 0 amide bonds. The molecule has 0 radical (unpaired) electrons. The molecule has 0 saturated heterocycles. The van der Waals surface area contributed by atoms with Crippen LogP contribution in [-0.2, 0) is 14.8 Å². The SMILES string of the molecule is COC(=O)c1cn(C(=O)CCCN(c2cccc([N+](=O)[O-])c2)S(C)(=O)=O)c2ccccc12. The van der Waals surface area contributed by atoms with E-state index in [1.807, 2.05) is 0 Å². The molecular formula is C21H21N3O7S. The van der Waals surface area contributed by atoms with Gasteiger partial charge in [-0.1, -0.05) is 24.3 Å². The van der Waals surface area contributed by atoms with Gasteiger partial charge in [0.25, 0.3) is 5.69 Å². The van der Waals surface area contributed by atoms with Crippen LogP contribution in [-0.4, -0.2) is 49.7 Å². The molecule has 11 heteroatoms. The molecule has 0 bridgehead atoms. The molecule has 0 aliphatic heterocycles. The highest BCUT2D eigenvalue weighted by atomic mass is 32.2. The number of esters is 1. The maximum Gasteiger partial charge on any atom is 0.340 e. The lowest BCUT2D eigenvalue weighted by molar-refractivity contribution is -0.384. The van der Waals surface area contributed by atoms with Crippen LogP contribution in [0.15, 0.2) is 54.7 Å². The third kappa shape index (κ3) is 4.78. The summed E-state index contributed by atoms with van der Waals surface area (Å²) in [6.45, 7) is -0.0468. The Morgan fingerprint density at radius 3 is 2.53 bits per heavy atom. The molecule has 0 atom stereocenters. The van der Waals surface area contributed by atoms with Gasteiger partial charge in [0, 0.05) is 36.7 Å². The van der Waals surface area contributed by atoms with Crippen molar-refractivity contribution in [2.75, 3.05) is 24.2 Å². The lowest BCUT2D eigenvalue weighted by Crippen LogP contribution is -2.31. The number of sulfonamides is 1. The number of nitrogens with zero attached hydrogens (tertiary/aromatic N) is 3. The van der Waals surface area contributed by atoms with Crippen molar-refractivity contribution in [2.24, 2.45) is 0 Å². The summed E-state index contributed by atoms with van der Waals surface area (Å²) in [4.78, 5) is 35.3. The van der Waals surface area contributed by atoms with Crippen LogP contribution in [0, 0.1) is 10.1 Å². The minimum atomic E-state index is -3.74. The Kier molecular flexibility index (Phi) is 6.58. The standard InChI is InChI=1S/C21H21N3O7S/c1-31-21(26)18-14-22(19-10-4-3-9-17(18)19)20(25)11-6-12-23(32(2,29)30)15-7-5-8-16(13-15)24(27)28/h3-5,7-10,13-14H,6,11-12H2,1-2H3. The Morgan fingerprint density at radius 1 is 1.16 bits per heavy atom. The van der Waals surface area contributed by atoms with E-state index >= 15 is 0 Å². The zero-order valence-electron chi connectivity index (χ0n) is 17.4. The van der Waals surface area contributed by atoms with Gasteiger partial charge in [0.15, 0.2) is 0 Å². The number of anilines is 1. The van der Waals surface area contributed by atoms with Gasteiger partial charge in [0.2, 0.25) is 15.9 Å². The number of aromatic nitrogens is 1. The molecule has 0 N–H and O–H groups in total. The first kappa shape index (κ1) is 22.9. The normalized spacial score (nSPS) is 11.3. The number of ether oxygens (including phenoxy) is 1. The summed E-state index contributed by atoms with van der Waals surface area (Å²) in [5.74, 6) is -0.898. The van der Waals surface area contributed by atoms with E-state index in [2.05, 4.69) is 0 Å². The average molecular weight is 459 g/mol. The molecule has 0 fully saturated rings. The first-order valence-corrected chi connectivity index (χ1v) is 11.4. The van der Waals surface area contributed by atoms with E-state index in [0.717, 1.165) is 10.6 Å². The summed E-state index contributed by atoms with van der Waals surface area (Å²) in [5.41, 5.74) is 0.706. The quantitative estimate of drug-likeness (QED) is 0.287. The van der Waals surface area contributed by atoms with Crippen molar-refractivity contribution in [3.05, 3.63) is 70.4 Å². The number of methoxy groups -OCH3 is 1. The summed E-state index contributed by atoms with van der Waals surface area (Å²) in [7, 11) is -2.48. The first-order chi connectivity index (χ1) is 15.1. The van der Waals surface area contributed by atoms with Crippen LogP contribution in [0.2, 0.25) is 0 Å². The number of nitro benzene ring substituents is 1. The molecular weight excluding hydrogens is 438 g/mol. The molecule has 168 valence electrons. The van der Waals surface area contributed by atoms with Crippen molar-refractivity contribution in [1.29, 1.82) is 0 Å². The Labute approximate surface area is 184 Å². The van der Waals surface area contributed by atoms with E-state index < -0.39 is 20.9 Å². The predicted molar refractivity (Wildman–Crippen MR) is 118 cm³/mol. The van der Waals surface area contributed by atoms with Gasteiger partial charge < -0.3 is 4.74 Å². The van der Waals surface area contributed by atoms with Crippen LogP contribution in [0.3, 0.4) is 0 Å². The zero-order valence-corrected chi connectivity index (χ0v) is 18.2. The highest BCUT2D eigenvalue weighted by Crippen LogP contribution is 2.25. The third-order valence-electron chi connectivity index (χ3n) is 4.87. The summed E-state index contributed by atoms with van der Waals surface area (Å²) in [5, 5.41) is 11.6. The number of nitro groups is 1. The fourth-order valence-electron chi connectivity index (χ4n) is 3.40. The van der Waals surface area contributed by atoms with Crippen molar-refractivity contribution >= 4 is 44.2 Å². The van der Waals surface area contributed by atoms with E-state index in [1.165, 1.54) is 42.1 Å². The van der Waals surface area contributed by atoms with Gasteiger partial charge >= 0.3 is 5.97 Å². The van der Waals surface area contributed by atoms with Crippen LogP contribution < -0.4 is 4.31 Å². The van der Waals surface area contributed by atoms with Crippen molar-refractivity contribution in [3.63, 3.8) is 0 Å². The third-order valence-corrected chi connectivity index (χ3v) is 6.06. The van der Waals surface area contributed by atoms with Crippen LogP contribution in [0.25, 0.3) is 10.9 Å². The minimum Gasteiger partial charge on any atom is -0.465 e. The number of benzene rings is 2. The molecule has 0 spiro atoms. The monoisotopic (exact) mass is 459 g/mol. The predicted octanol–water partition coefficient (Wildman–Crippen LogP) is 3.22. The zero-order chi connectivity index (χ0) is 23.5. The van der Waals surface area contributed by atoms with Crippen LogP contribution in [0.4, 0.5) is 11.4 Å². The van der Waals surface area contributed by atoms with Crippen molar-refractivity contribution < 1.29 is 27.7 Å². The van der Waals surface area contributed by atoms with Gasteiger partial charge in [0.05, 0.1) is 35.1 Å². The molecule has 32 heavy (non-hydrogen) atoms. The van der Waals surface area contributed by atoms with E-state index in [-0.39, 0.29) is 42.2 Å². The number of carbonyl (C=O) groups excluding carboxylic acids is 2. The van der Waals surface area contributed by atoms with E-state index in [1.54, 1.807) is 24.3 Å². The van der Waals surface area contributed by atoms with Gasteiger partial charge in [-0.2, -0.15) is 0 Å². The molecule has 3 aromatic rings. The second kappa shape index (κ2) is 9.18. The summed E-state index contributed by atoms with van der Waals surface area (Å²) in [6.07, 6.45) is 2.55. The van der Waals surface area contributed by atoms with Crippen molar-refractivity contribution in [3.8, 4) is 0 Å². The summed E-state index contributed by atoms with van der Waals surface area (Å²) in [6, 6.07) is 12.2. The van der Waals surface area contributed by atoms with Crippen LogP contribution in [0.5, 0.6) is 0 Å². The second-order valence-electron chi connectivity index (χ2n) is 7.03. The highest BCUT2D eigenvalue weighted by Gasteiger charge is 2.22. The largest absolute Gasteiger partial charge is 0.465 e. The summed E-state index contributed by atoms with van der Waals surface area (Å²) >= 11 is 0. The van der Waals surface area contributed by atoms with Crippen LogP contribution >= 0.6 is 0 Å². The van der Waals surface area contributed by atoms with Gasteiger partial charge in [-0.25, -0.2) is 13.2 Å². The Bertz CT molecular complexity index is 1300. The van der Waals surface area contributed by atoms with Crippen molar-refractivity contribution in [1.82, 2.24) is 4.57 Å². The van der Waals surface area contributed by atoms with Gasteiger partial charge in [0.1, 0.15) is 0 Å². The molecule has 0 aliphatic rings. The average Bonchev–Trinajstić information content (AvgIpc) is 3.15. The van der Waals surface area contributed by atoms with E-state index in [0.29, 0.717) is 10.9 Å². The molecule has 10 nitrogen and oxygen atoms in total. The van der Waals surface area contributed by atoms with E-state index in [4.69, 9.17) is 4.74 Å². The van der Waals surface area contributed by atoms with Gasteiger partial charge in [-0.3, -0.25) is 23.8 Å². The van der Waals surface area contributed by atoms with Crippen molar-refractivity contribution in [2.45, 2.75) is 12.8 Å². The second-order valence-corrected chi connectivity index (χ2v) is 8.94. The number of hydrogen-bond acceptors (Lipinski definition) is 7. The number of fused-ring (bicyclic) bond motifs is 1. The lowest BCUT2D eigenvalue weighted by Gasteiger charge is -2.22. The smallest absolute Gasteiger partial charge is 0.340 e. The van der Waals surface area contributed by atoms with Gasteiger partial charge in [-0.15, -0.1) is 0 Å². The number of carbonyl (C=O) groups is 2.